The van der Waals surface area contributed by atoms with Crippen LogP contribution in [0, 0.1) is 5.41 Å². The maximum atomic E-state index is 12.2. The normalized spacial score (nSPS) is 15.9. The lowest BCUT2D eigenvalue weighted by atomic mass is 10.0. The number of nitrogens with two attached hydrogens (primary N) is 1. The number of anilines is 1. The zero-order valence-corrected chi connectivity index (χ0v) is 11.6. The number of hydrogen-bond donors (Lipinski definition) is 3. The summed E-state index contributed by atoms with van der Waals surface area (Å²) >= 11 is 0. The molecule has 1 saturated carbocycles. The van der Waals surface area contributed by atoms with E-state index in [9.17, 15) is 4.79 Å². The molecule has 0 unspecified atom stereocenters. The van der Waals surface area contributed by atoms with Gasteiger partial charge in [-0.3, -0.25) is 4.79 Å². The minimum absolute atomic E-state index is 0.0478. The summed E-state index contributed by atoms with van der Waals surface area (Å²) in [5.74, 6) is 5.85. The molecule has 5 nitrogen and oxygen atoms in total. The van der Waals surface area contributed by atoms with Crippen molar-refractivity contribution < 1.29 is 4.79 Å². The van der Waals surface area contributed by atoms with Gasteiger partial charge in [0.15, 0.2) is 0 Å². The summed E-state index contributed by atoms with van der Waals surface area (Å²) in [6.45, 7) is 4.94. The van der Waals surface area contributed by atoms with Crippen LogP contribution in [0.3, 0.4) is 0 Å². The average molecular weight is 262 g/mol. The number of aromatic nitrogens is 1. The van der Waals surface area contributed by atoms with E-state index in [1.165, 1.54) is 12.8 Å². The zero-order valence-electron chi connectivity index (χ0n) is 11.6. The smallest absolute Gasteiger partial charge is 0.251 e. The summed E-state index contributed by atoms with van der Waals surface area (Å²) in [5, 5.41) is 3.02. The molecule has 0 bridgehead atoms. The highest BCUT2D eigenvalue weighted by Gasteiger charge is 2.40. The van der Waals surface area contributed by atoms with Crippen molar-refractivity contribution in [1.82, 2.24) is 10.3 Å². The number of hydrazine groups is 1. The van der Waals surface area contributed by atoms with Gasteiger partial charge >= 0.3 is 0 Å². The largest absolute Gasteiger partial charge is 0.351 e. The SMILES string of the molecule is CCc1cc(C(=O)NCC2(CC)CC2)cc(NN)n1. The maximum Gasteiger partial charge on any atom is 0.251 e. The minimum atomic E-state index is -0.0478. The third-order valence-corrected chi connectivity index (χ3v) is 3.98. The van der Waals surface area contributed by atoms with Crippen LogP contribution >= 0.6 is 0 Å². The van der Waals surface area contributed by atoms with Crippen molar-refractivity contribution in [3.05, 3.63) is 23.4 Å². The number of aryl methyl sites for hydroxylation is 1. The molecule has 2 rings (SSSR count). The van der Waals surface area contributed by atoms with Crippen LogP contribution in [-0.4, -0.2) is 17.4 Å². The number of nitrogen functional groups attached to an aromatic ring is 1. The van der Waals surface area contributed by atoms with E-state index in [0.717, 1.165) is 25.1 Å². The highest BCUT2D eigenvalue weighted by molar-refractivity contribution is 5.95. The monoisotopic (exact) mass is 262 g/mol. The number of nitrogens with zero attached hydrogens (tertiary/aromatic N) is 1. The fraction of sp³-hybridized carbons (Fsp3) is 0.571. The molecule has 1 aromatic heterocycles. The Labute approximate surface area is 114 Å². The topological polar surface area (TPSA) is 80.0 Å². The molecule has 1 amide bonds. The Morgan fingerprint density at radius 3 is 2.68 bits per heavy atom. The first kappa shape index (κ1) is 13.8. The van der Waals surface area contributed by atoms with Crippen molar-refractivity contribution in [2.75, 3.05) is 12.0 Å². The predicted molar refractivity (Wildman–Crippen MR) is 75.7 cm³/mol. The first-order chi connectivity index (χ1) is 9.12. The number of rotatable bonds is 6. The first-order valence-electron chi connectivity index (χ1n) is 6.88. The number of pyridine rings is 1. The molecule has 0 spiro atoms. The second kappa shape index (κ2) is 5.57. The third-order valence-electron chi connectivity index (χ3n) is 3.98. The van der Waals surface area contributed by atoms with Gasteiger partial charge in [-0.2, -0.15) is 0 Å². The lowest BCUT2D eigenvalue weighted by Crippen LogP contribution is -2.30. The molecule has 104 valence electrons. The standard InChI is InChI=1S/C14H22N4O/c1-3-11-7-10(8-12(17-11)18-15)13(19)16-9-14(4-2)5-6-14/h7-8H,3-6,9,15H2,1-2H3,(H,16,19)(H,17,18). The molecular weight excluding hydrogens is 240 g/mol. The van der Waals surface area contributed by atoms with Crippen LogP contribution in [0.2, 0.25) is 0 Å². The molecule has 0 aliphatic heterocycles. The van der Waals surface area contributed by atoms with Gasteiger partial charge in [0.1, 0.15) is 5.82 Å². The van der Waals surface area contributed by atoms with Crippen molar-refractivity contribution in [3.63, 3.8) is 0 Å². The summed E-state index contributed by atoms with van der Waals surface area (Å²) < 4.78 is 0. The van der Waals surface area contributed by atoms with Gasteiger partial charge in [-0.1, -0.05) is 13.8 Å². The van der Waals surface area contributed by atoms with Crippen molar-refractivity contribution in [2.24, 2.45) is 11.3 Å². The van der Waals surface area contributed by atoms with E-state index in [1.54, 1.807) is 6.07 Å². The fourth-order valence-corrected chi connectivity index (χ4v) is 2.18. The molecule has 1 heterocycles. The predicted octanol–water partition coefficient (Wildman–Crippen LogP) is 1.85. The highest BCUT2D eigenvalue weighted by atomic mass is 16.1. The molecule has 0 atom stereocenters. The summed E-state index contributed by atoms with van der Waals surface area (Å²) in [4.78, 5) is 16.4. The van der Waals surface area contributed by atoms with Crippen molar-refractivity contribution in [3.8, 4) is 0 Å². The molecule has 5 heteroatoms. The van der Waals surface area contributed by atoms with Crippen LogP contribution in [0.15, 0.2) is 12.1 Å². The van der Waals surface area contributed by atoms with E-state index in [0.29, 0.717) is 16.8 Å². The second-order valence-electron chi connectivity index (χ2n) is 5.27. The van der Waals surface area contributed by atoms with Crippen molar-refractivity contribution in [2.45, 2.75) is 39.5 Å². The molecule has 1 aliphatic rings. The van der Waals surface area contributed by atoms with Crippen LogP contribution in [0.25, 0.3) is 0 Å². The van der Waals surface area contributed by atoms with Crippen LogP contribution < -0.4 is 16.6 Å². The molecule has 19 heavy (non-hydrogen) atoms. The number of hydrogen-bond acceptors (Lipinski definition) is 4. The lowest BCUT2D eigenvalue weighted by Gasteiger charge is -2.14. The van der Waals surface area contributed by atoms with Gasteiger partial charge in [-0.15, -0.1) is 0 Å². The lowest BCUT2D eigenvalue weighted by molar-refractivity contribution is 0.0944. The fourth-order valence-electron chi connectivity index (χ4n) is 2.18. The highest BCUT2D eigenvalue weighted by Crippen LogP contribution is 2.47. The molecule has 0 aromatic carbocycles. The molecule has 1 aliphatic carbocycles. The molecule has 0 radical (unpaired) electrons. The van der Waals surface area contributed by atoms with Crippen LogP contribution in [0.5, 0.6) is 0 Å². The van der Waals surface area contributed by atoms with E-state index in [4.69, 9.17) is 5.84 Å². The van der Waals surface area contributed by atoms with Crippen molar-refractivity contribution in [1.29, 1.82) is 0 Å². The number of carbonyl (C=O) groups excluding carboxylic acids is 1. The van der Waals surface area contributed by atoms with Crippen molar-refractivity contribution >= 4 is 11.7 Å². The maximum absolute atomic E-state index is 12.2. The summed E-state index contributed by atoms with van der Waals surface area (Å²) in [6, 6.07) is 3.50. The Balaban J connectivity index is 2.05. The van der Waals surface area contributed by atoms with E-state index >= 15 is 0 Å². The summed E-state index contributed by atoms with van der Waals surface area (Å²) in [7, 11) is 0. The van der Waals surface area contributed by atoms with Gasteiger partial charge in [0.25, 0.3) is 5.91 Å². The van der Waals surface area contributed by atoms with Gasteiger partial charge in [-0.05, 0) is 43.2 Å². The molecule has 1 fully saturated rings. The van der Waals surface area contributed by atoms with Crippen LogP contribution in [0.4, 0.5) is 5.82 Å². The van der Waals surface area contributed by atoms with E-state index < -0.39 is 0 Å². The Hall–Kier alpha value is -1.62. The Bertz CT molecular complexity index is 446. The molecule has 4 N–H and O–H groups in total. The van der Waals surface area contributed by atoms with Gasteiger partial charge in [0, 0.05) is 17.8 Å². The Kier molecular flexibility index (Phi) is 4.04. The van der Waals surface area contributed by atoms with E-state index in [2.05, 4.69) is 22.7 Å². The average Bonchev–Trinajstić information content (AvgIpc) is 3.24. The van der Waals surface area contributed by atoms with Gasteiger partial charge in [-0.25, -0.2) is 10.8 Å². The summed E-state index contributed by atoms with van der Waals surface area (Å²) in [6.07, 6.45) is 4.33. The van der Waals surface area contributed by atoms with Crippen LogP contribution in [0.1, 0.15) is 49.2 Å². The van der Waals surface area contributed by atoms with Gasteiger partial charge in [0.2, 0.25) is 0 Å². The van der Waals surface area contributed by atoms with Gasteiger partial charge in [0.05, 0.1) is 0 Å². The second-order valence-corrected chi connectivity index (χ2v) is 5.27. The third kappa shape index (κ3) is 3.23. The Morgan fingerprint density at radius 2 is 2.16 bits per heavy atom. The van der Waals surface area contributed by atoms with Crippen LogP contribution in [-0.2, 0) is 6.42 Å². The number of carbonyl (C=O) groups is 1. The molecule has 0 saturated heterocycles. The van der Waals surface area contributed by atoms with E-state index in [1.807, 2.05) is 13.0 Å². The zero-order chi connectivity index (χ0) is 13.9. The summed E-state index contributed by atoms with van der Waals surface area (Å²) in [5.41, 5.74) is 4.33. The quantitative estimate of drug-likeness (QED) is 0.540. The van der Waals surface area contributed by atoms with Gasteiger partial charge < -0.3 is 10.7 Å². The molecule has 1 aromatic rings. The van der Waals surface area contributed by atoms with E-state index in [-0.39, 0.29) is 5.91 Å². The molecular formula is C14H22N4O. The first-order valence-corrected chi connectivity index (χ1v) is 6.88. The number of amides is 1. The minimum Gasteiger partial charge on any atom is -0.351 e. The number of nitrogens with one attached hydrogen (secondary N) is 2. The Morgan fingerprint density at radius 1 is 1.42 bits per heavy atom.